The van der Waals surface area contributed by atoms with Crippen LogP contribution in [-0.2, 0) is 17.8 Å². The molecule has 1 saturated heterocycles. The van der Waals surface area contributed by atoms with E-state index in [1.54, 1.807) is 17.9 Å². The molecule has 9 heteroatoms. The Hall–Kier alpha value is -3.04. The van der Waals surface area contributed by atoms with Crippen molar-refractivity contribution in [3.63, 3.8) is 0 Å². The average Bonchev–Trinajstić information content (AvgIpc) is 2.74. The summed E-state index contributed by atoms with van der Waals surface area (Å²) in [5.74, 6) is 0.234. The van der Waals surface area contributed by atoms with Crippen molar-refractivity contribution in [2.24, 2.45) is 0 Å². The van der Waals surface area contributed by atoms with Gasteiger partial charge in [-0.05, 0) is 23.6 Å². The lowest BCUT2D eigenvalue weighted by Gasteiger charge is -2.39. The van der Waals surface area contributed by atoms with Crippen LogP contribution in [0.15, 0.2) is 36.5 Å². The Kier molecular flexibility index (Phi) is 6.43. The second-order valence-corrected chi connectivity index (χ2v) is 8.21. The van der Waals surface area contributed by atoms with E-state index in [1.165, 1.54) is 17.3 Å². The maximum absolute atomic E-state index is 12.5. The minimum Gasteiger partial charge on any atom is -0.390 e. The van der Waals surface area contributed by atoms with Gasteiger partial charge >= 0.3 is 0 Å². The Balaban J connectivity index is 1.23. The summed E-state index contributed by atoms with van der Waals surface area (Å²) in [5.41, 5.74) is 3.04. The number of benzene rings is 1. The number of nitrogens with one attached hydrogen (secondary N) is 2. The van der Waals surface area contributed by atoms with Gasteiger partial charge in [0.05, 0.1) is 23.9 Å². The topological polar surface area (TPSA) is 111 Å². The number of likely N-dealkylation sites (tertiary alicyclic amines) is 1. The third kappa shape index (κ3) is 5.36. The maximum Gasteiger partial charge on any atom is 0.253 e. The molecule has 1 aromatic carbocycles. The highest BCUT2D eigenvalue weighted by molar-refractivity contribution is 5.94. The lowest BCUT2D eigenvalue weighted by molar-refractivity contribution is -0.132. The number of carbonyl (C=O) groups excluding carboxylic acids is 2. The van der Waals surface area contributed by atoms with Crippen molar-refractivity contribution in [2.45, 2.75) is 32.0 Å². The maximum atomic E-state index is 12.5. The molecule has 2 aliphatic rings. The van der Waals surface area contributed by atoms with E-state index in [-0.39, 0.29) is 24.4 Å². The van der Waals surface area contributed by atoms with Crippen molar-refractivity contribution >= 4 is 17.6 Å². The third-order valence-corrected chi connectivity index (χ3v) is 5.77. The van der Waals surface area contributed by atoms with Crippen LogP contribution in [-0.4, -0.2) is 81.8 Å². The molecule has 0 radical (unpaired) electrons. The molecule has 0 spiro atoms. The monoisotopic (exact) mass is 424 g/mol. The smallest absolute Gasteiger partial charge is 0.253 e. The van der Waals surface area contributed by atoms with Gasteiger partial charge in [-0.3, -0.25) is 14.5 Å². The van der Waals surface area contributed by atoms with E-state index in [9.17, 15) is 14.7 Å². The van der Waals surface area contributed by atoms with Crippen molar-refractivity contribution in [2.75, 3.05) is 38.0 Å². The Labute approximate surface area is 181 Å². The van der Waals surface area contributed by atoms with Crippen LogP contribution in [0.3, 0.4) is 0 Å². The second-order valence-electron chi connectivity index (χ2n) is 8.21. The summed E-state index contributed by atoms with van der Waals surface area (Å²) in [7, 11) is 0. The molecule has 1 aromatic heterocycles. The highest BCUT2D eigenvalue weighted by Crippen LogP contribution is 2.18. The molecule has 0 aliphatic carbocycles. The zero-order valence-electron chi connectivity index (χ0n) is 17.6. The fourth-order valence-corrected chi connectivity index (χ4v) is 3.98. The molecular formula is C22H28N6O3. The molecule has 0 bridgehead atoms. The highest BCUT2D eigenvalue weighted by atomic mass is 16.3. The van der Waals surface area contributed by atoms with Gasteiger partial charge in [0.25, 0.3) is 5.91 Å². The zero-order chi connectivity index (χ0) is 21.8. The van der Waals surface area contributed by atoms with Crippen LogP contribution < -0.4 is 10.6 Å². The molecule has 0 saturated carbocycles. The SMILES string of the molecule is CC(=O)N1CC(Nc2cc(C(=O)NCC(O)CN3CCc4ccccc4C3)cnn2)C1. The van der Waals surface area contributed by atoms with E-state index in [0.29, 0.717) is 31.0 Å². The Morgan fingerprint density at radius 2 is 2.03 bits per heavy atom. The lowest BCUT2D eigenvalue weighted by Crippen LogP contribution is -2.56. The number of β-amino-alcohol motifs (C(OH)–C–C–N with tert-alkyl or cyclic N) is 1. The number of aliphatic hydroxyl groups excluding tert-OH is 1. The van der Waals surface area contributed by atoms with Gasteiger partial charge < -0.3 is 20.6 Å². The molecule has 9 nitrogen and oxygen atoms in total. The van der Waals surface area contributed by atoms with Crippen LogP contribution in [0.25, 0.3) is 0 Å². The highest BCUT2D eigenvalue weighted by Gasteiger charge is 2.28. The van der Waals surface area contributed by atoms with Gasteiger partial charge in [-0.1, -0.05) is 24.3 Å². The summed E-state index contributed by atoms with van der Waals surface area (Å²) in [6.07, 6.45) is 1.71. The zero-order valence-corrected chi connectivity index (χ0v) is 17.6. The largest absolute Gasteiger partial charge is 0.390 e. The molecule has 31 heavy (non-hydrogen) atoms. The standard InChI is InChI=1S/C22H28N6O3/c1-15(29)28-12-19(13-28)25-21-8-18(9-24-26-21)22(31)23-10-20(30)14-27-7-6-16-4-2-3-5-17(16)11-27/h2-5,8-9,19-20,30H,6-7,10-14H2,1H3,(H,23,31)(H,25,26). The number of aromatic nitrogens is 2. The summed E-state index contributed by atoms with van der Waals surface area (Å²) in [5, 5.41) is 24.2. The molecule has 1 atom stereocenters. The molecule has 1 fully saturated rings. The van der Waals surface area contributed by atoms with Crippen molar-refractivity contribution in [3.8, 4) is 0 Å². The first-order valence-corrected chi connectivity index (χ1v) is 10.6. The normalized spacial score (nSPS) is 17.4. The Morgan fingerprint density at radius 3 is 2.81 bits per heavy atom. The fourth-order valence-electron chi connectivity index (χ4n) is 3.98. The molecular weight excluding hydrogens is 396 g/mol. The summed E-state index contributed by atoms with van der Waals surface area (Å²) in [6.45, 7) is 5.14. The number of amides is 2. The molecule has 2 aliphatic heterocycles. The fraction of sp³-hybridized carbons (Fsp3) is 0.455. The number of nitrogens with zero attached hydrogens (tertiary/aromatic N) is 4. The van der Waals surface area contributed by atoms with E-state index >= 15 is 0 Å². The predicted octanol–water partition coefficient (Wildman–Crippen LogP) is 0.268. The first-order chi connectivity index (χ1) is 15.0. The van der Waals surface area contributed by atoms with Crippen LogP contribution in [0.5, 0.6) is 0 Å². The van der Waals surface area contributed by atoms with Crippen molar-refractivity contribution in [1.82, 2.24) is 25.3 Å². The Bertz CT molecular complexity index is 946. The first kappa shape index (κ1) is 21.2. The van der Waals surface area contributed by atoms with Crippen LogP contribution >= 0.6 is 0 Å². The van der Waals surface area contributed by atoms with Crippen LogP contribution in [0.4, 0.5) is 5.82 Å². The molecule has 2 aromatic rings. The van der Waals surface area contributed by atoms with Gasteiger partial charge in [0, 0.05) is 46.2 Å². The number of anilines is 1. The van der Waals surface area contributed by atoms with Crippen molar-refractivity contribution < 1.29 is 14.7 Å². The number of rotatable bonds is 7. The van der Waals surface area contributed by atoms with E-state index < -0.39 is 6.10 Å². The number of hydrogen-bond donors (Lipinski definition) is 3. The van der Waals surface area contributed by atoms with Gasteiger partial charge in [0.2, 0.25) is 5.91 Å². The van der Waals surface area contributed by atoms with E-state index in [0.717, 1.165) is 19.5 Å². The van der Waals surface area contributed by atoms with E-state index in [2.05, 4.69) is 43.9 Å². The van der Waals surface area contributed by atoms with E-state index in [4.69, 9.17) is 0 Å². The van der Waals surface area contributed by atoms with E-state index in [1.807, 2.05) is 6.07 Å². The molecule has 2 amide bonds. The predicted molar refractivity (Wildman–Crippen MR) is 115 cm³/mol. The molecule has 4 rings (SSSR count). The minimum atomic E-state index is -0.658. The van der Waals surface area contributed by atoms with Crippen LogP contribution in [0.1, 0.15) is 28.4 Å². The molecule has 164 valence electrons. The summed E-state index contributed by atoms with van der Waals surface area (Å²) < 4.78 is 0. The van der Waals surface area contributed by atoms with Gasteiger partial charge in [-0.25, -0.2) is 0 Å². The van der Waals surface area contributed by atoms with Crippen molar-refractivity contribution in [3.05, 3.63) is 53.2 Å². The number of carbonyl (C=O) groups is 2. The molecule has 1 unspecified atom stereocenters. The van der Waals surface area contributed by atoms with Crippen molar-refractivity contribution in [1.29, 1.82) is 0 Å². The summed E-state index contributed by atoms with van der Waals surface area (Å²) in [4.78, 5) is 27.7. The Morgan fingerprint density at radius 1 is 1.26 bits per heavy atom. The molecule has 3 heterocycles. The van der Waals surface area contributed by atoms with Gasteiger partial charge in [0.15, 0.2) is 0 Å². The number of hydrogen-bond acceptors (Lipinski definition) is 7. The molecule has 3 N–H and O–H groups in total. The first-order valence-electron chi connectivity index (χ1n) is 10.6. The van der Waals surface area contributed by atoms with Gasteiger partial charge in [0.1, 0.15) is 5.82 Å². The quantitative estimate of drug-likeness (QED) is 0.585. The van der Waals surface area contributed by atoms with Crippen LogP contribution in [0.2, 0.25) is 0 Å². The van der Waals surface area contributed by atoms with Crippen LogP contribution in [0, 0.1) is 0 Å². The third-order valence-electron chi connectivity index (χ3n) is 5.77. The average molecular weight is 425 g/mol. The van der Waals surface area contributed by atoms with Gasteiger partial charge in [-0.2, -0.15) is 5.10 Å². The minimum absolute atomic E-state index is 0.0459. The second kappa shape index (κ2) is 9.40. The summed E-state index contributed by atoms with van der Waals surface area (Å²) >= 11 is 0. The lowest BCUT2D eigenvalue weighted by atomic mass is 10.00. The van der Waals surface area contributed by atoms with Gasteiger partial charge in [-0.15, -0.1) is 5.10 Å². The number of aliphatic hydroxyl groups is 1. The number of fused-ring (bicyclic) bond motifs is 1. The summed E-state index contributed by atoms with van der Waals surface area (Å²) in [6, 6.07) is 10.1.